The lowest BCUT2D eigenvalue weighted by molar-refractivity contribution is -0.137. The van der Waals surface area contributed by atoms with E-state index >= 15 is 0 Å². The van der Waals surface area contributed by atoms with Gasteiger partial charge in [0.05, 0.1) is 16.5 Å². The summed E-state index contributed by atoms with van der Waals surface area (Å²) in [6.45, 7) is 2.97. The molecule has 2 rings (SSSR count). The number of halogens is 3. The Hall–Kier alpha value is -1.76. The van der Waals surface area contributed by atoms with Crippen LogP contribution >= 0.6 is 11.8 Å². The minimum absolute atomic E-state index is 0.0982. The van der Waals surface area contributed by atoms with Gasteiger partial charge < -0.3 is 4.42 Å². The molecule has 2 aromatic rings. The number of ketones is 1. The molecule has 112 valence electrons. The van der Waals surface area contributed by atoms with E-state index in [0.717, 1.165) is 13.0 Å². The van der Waals surface area contributed by atoms with E-state index in [-0.39, 0.29) is 21.6 Å². The van der Waals surface area contributed by atoms with Gasteiger partial charge in [0.15, 0.2) is 16.3 Å². The largest absolute Gasteiger partial charge is 0.449 e. The summed E-state index contributed by atoms with van der Waals surface area (Å²) in [6.07, 6.45) is -4.64. The zero-order valence-corrected chi connectivity index (χ0v) is 12.0. The van der Waals surface area contributed by atoms with Crippen LogP contribution in [0.5, 0.6) is 0 Å². The molecular weight excluding hydrogens is 305 g/mol. The van der Waals surface area contributed by atoms with Crippen LogP contribution in [0.25, 0.3) is 11.0 Å². The first-order chi connectivity index (χ1) is 9.74. The summed E-state index contributed by atoms with van der Waals surface area (Å²) >= 11 is 1.23. The van der Waals surface area contributed by atoms with Crippen molar-refractivity contribution in [1.82, 2.24) is 0 Å². The van der Waals surface area contributed by atoms with Crippen molar-refractivity contribution < 1.29 is 22.4 Å². The number of thioether (sulfide) groups is 1. The van der Waals surface area contributed by atoms with Crippen LogP contribution in [0.15, 0.2) is 32.5 Å². The first-order valence-electron chi connectivity index (χ1n) is 6.07. The molecule has 0 aliphatic rings. The summed E-state index contributed by atoms with van der Waals surface area (Å²) in [7, 11) is 0. The maximum absolute atomic E-state index is 12.8. The molecule has 0 spiro atoms. The number of Topliss-reactive ketones (excluding diaryl/α,β-unsaturated/α-hetero) is 1. The lowest BCUT2D eigenvalue weighted by atomic mass is 10.0. The maximum Gasteiger partial charge on any atom is 0.416 e. The van der Waals surface area contributed by atoms with Crippen LogP contribution in [0, 0.1) is 0 Å². The molecule has 0 fully saturated rings. The van der Waals surface area contributed by atoms with E-state index < -0.39 is 23.0 Å². The third-order valence-corrected chi connectivity index (χ3v) is 3.57. The Bertz CT molecular complexity index is 762. The van der Waals surface area contributed by atoms with Gasteiger partial charge in [-0.3, -0.25) is 9.59 Å². The average molecular weight is 316 g/mol. The van der Waals surface area contributed by atoms with Crippen molar-refractivity contribution in [3.05, 3.63) is 39.5 Å². The molecule has 0 saturated carbocycles. The predicted molar refractivity (Wildman–Crippen MR) is 73.9 cm³/mol. The van der Waals surface area contributed by atoms with Gasteiger partial charge in [-0.15, -0.1) is 0 Å². The second-order valence-corrected chi connectivity index (χ2v) is 5.59. The van der Waals surface area contributed by atoms with Crippen LogP contribution in [-0.2, 0) is 6.18 Å². The smallest absolute Gasteiger partial charge is 0.416 e. The summed E-state index contributed by atoms with van der Waals surface area (Å²) in [4.78, 5) is 23.6. The van der Waals surface area contributed by atoms with E-state index in [9.17, 15) is 22.8 Å². The highest BCUT2D eigenvalue weighted by Crippen LogP contribution is 2.33. The minimum Gasteiger partial charge on any atom is -0.449 e. The van der Waals surface area contributed by atoms with Gasteiger partial charge in [0.2, 0.25) is 0 Å². The van der Waals surface area contributed by atoms with E-state index in [1.54, 1.807) is 0 Å². The highest BCUT2D eigenvalue weighted by Gasteiger charge is 2.32. The number of rotatable bonds is 3. The number of carbonyl (C=O) groups excluding carboxylic acids is 1. The fraction of sp³-hybridized carbons (Fsp3) is 0.286. The highest BCUT2D eigenvalue weighted by atomic mass is 32.2. The molecule has 0 amide bonds. The summed E-state index contributed by atoms with van der Waals surface area (Å²) < 4.78 is 43.9. The van der Waals surface area contributed by atoms with Gasteiger partial charge in [-0.05, 0) is 24.8 Å². The Morgan fingerprint density at radius 3 is 2.48 bits per heavy atom. The van der Waals surface area contributed by atoms with Crippen LogP contribution in [0.2, 0.25) is 0 Å². The topological polar surface area (TPSA) is 47.3 Å². The number of alkyl halides is 3. The van der Waals surface area contributed by atoms with Crippen molar-refractivity contribution in [3.63, 3.8) is 0 Å². The normalized spacial score (nSPS) is 11.9. The maximum atomic E-state index is 12.8. The SMILES string of the molecule is CCSc1cc(=O)c2cc(C(F)(F)F)cc(C(C)=O)c2o1. The Morgan fingerprint density at radius 2 is 1.95 bits per heavy atom. The third-order valence-electron chi connectivity index (χ3n) is 2.80. The highest BCUT2D eigenvalue weighted by molar-refractivity contribution is 7.99. The summed E-state index contributed by atoms with van der Waals surface area (Å²) in [5, 5.41) is 0.0349. The van der Waals surface area contributed by atoms with Crippen LogP contribution < -0.4 is 5.43 Å². The van der Waals surface area contributed by atoms with Crippen molar-refractivity contribution in [2.45, 2.75) is 25.1 Å². The molecule has 0 atom stereocenters. The monoisotopic (exact) mass is 316 g/mol. The van der Waals surface area contributed by atoms with E-state index in [0.29, 0.717) is 17.9 Å². The Morgan fingerprint density at radius 1 is 1.29 bits per heavy atom. The molecule has 7 heteroatoms. The van der Waals surface area contributed by atoms with Crippen LogP contribution in [-0.4, -0.2) is 11.5 Å². The van der Waals surface area contributed by atoms with Crippen molar-refractivity contribution in [1.29, 1.82) is 0 Å². The van der Waals surface area contributed by atoms with Gasteiger partial charge in [0, 0.05) is 6.07 Å². The van der Waals surface area contributed by atoms with Gasteiger partial charge in [0.1, 0.15) is 5.58 Å². The predicted octanol–water partition coefficient (Wildman–Crippen LogP) is 4.13. The first kappa shape index (κ1) is 15.6. The third kappa shape index (κ3) is 3.12. The van der Waals surface area contributed by atoms with Gasteiger partial charge in [-0.25, -0.2) is 0 Å². The molecule has 0 N–H and O–H groups in total. The fourth-order valence-corrected chi connectivity index (χ4v) is 2.49. The van der Waals surface area contributed by atoms with E-state index in [1.807, 2.05) is 6.92 Å². The van der Waals surface area contributed by atoms with E-state index in [1.165, 1.54) is 11.8 Å². The molecule has 1 heterocycles. The lowest BCUT2D eigenvalue weighted by Gasteiger charge is -2.10. The molecule has 0 aliphatic carbocycles. The quantitative estimate of drug-likeness (QED) is 0.631. The molecule has 0 unspecified atom stereocenters. The van der Waals surface area contributed by atoms with E-state index in [2.05, 4.69) is 0 Å². The first-order valence-corrected chi connectivity index (χ1v) is 7.05. The van der Waals surface area contributed by atoms with Crippen molar-refractivity contribution in [2.24, 2.45) is 0 Å². The molecule has 1 aromatic carbocycles. The van der Waals surface area contributed by atoms with Gasteiger partial charge in [0.25, 0.3) is 0 Å². The average Bonchev–Trinajstić information content (AvgIpc) is 2.36. The Labute approximate surface area is 122 Å². The Balaban J connectivity index is 2.86. The molecule has 21 heavy (non-hydrogen) atoms. The zero-order valence-electron chi connectivity index (χ0n) is 11.2. The molecule has 0 radical (unpaired) electrons. The lowest BCUT2D eigenvalue weighted by Crippen LogP contribution is -2.10. The number of benzene rings is 1. The summed E-state index contributed by atoms with van der Waals surface area (Å²) in [5.74, 6) is 0.0395. The van der Waals surface area contributed by atoms with Crippen LogP contribution in [0.3, 0.4) is 0 Å². The number of hydrogen-bond acceptors (Lipinski definition) is 4. The number of carbonyl (C=O) groups is 1. The second-order valence-electron chi connectivity index (χ2n) is 4.32. The number of hydrogen-bond donors (Lipinski definition) is 0. The second kappa shape index (κ2) is 5.55. The van der Waals surface area contributed by atoms with E-state index in [4.69, 9.17) is 4.42 Å². The molecular formula is C14H11F3O3S. The Kier molecular flexibility index (Phi) is 4.13. The van der Waals surface area contributed by atoms with Gasteiger partial charge in [-0.2, -0.15) is 13.2 Å². The van der Waals surface area contributed by atoms with Crippen molar-refractivity contribution in [2.75, 3.05) is 5.75 Å². The molecule has 0 aliphatic heterocycles. The minimum atomic E-state index is -4.64. The van der Waals surface area contributed by atoms with Crippen molar-refractivity contribution in [3.8, 4) is 0 Å². The van der Waals surface area contributed by atoms with Crippen molar-refractivity contribution >= 4 is 28.5 Å². The molecule has 0 bridgehead atoms. The van der Waals surface area contributed by atoms with Gasteiger partial charge >= 0.3 is 6.18 Å². The van der Waals surface area contributed by atoms with Crippen LogP contribution in [0.4, 0.5) is 13.2 Å². The molecule has 1 aromatic heterocycles. The standard InChI is InChI=1S/C14H11F3O3S/c1-3-21-12-6-11(19)10-5-8(14(15,16)17)4-9(7(2)18)13(10)20-12/h4-6H,3H2,1-2H3. The zero-order chi connectivity index (χ0) is 15.8. The number of fused-ring (bicyclic) bond motifs is 1. The fourth-order valence-electron chi connectivity index (χ4n) is 1.88. The van der Waals surface area contributed by atoms with Crippen LogP contribution in [0.1, 0.15) is 29.8 Å². The molecule has 0 saturated heterocycles. The molecule has 3 nitrogen and oxygen atoms in total. The summed E-state index contributed by atoms with van der Waals surface area (Å²) in [5.41, 5.74) is -1.97. The van der Waals surface area contributed by atoms with Gasteiger partial charge in [-0.1, -0.05) is 18.7 Å². The summed E-state index contributed by atoms with van der Waals surface area (Å²) in [6, 6.07) is 2.57.